The molecule has 9 heteroatoms. The normalized spacial score (nSPS) is 17.2. The molecule has 0 spiro atoms. The number of aromatic hydroxyl groups is 1. The molecule has 1 aliphatic heterocycles. The largest absolute Gasteiger partial charge is 0.507 e. The zero-order chi connectivity index (χ0) is 20.3. The molecule has 0 saturated heterocycles. The van der Waals surface area contributed by atoms with Gasteiger partial charge in [-0.15, -0.1) is 0 Å². The van der Waals surface area contributed by atoms with E-state index in [4.69, 9.17) is 16.3 Å². The van der Waals surface area contributed by atoms with Crippen LogP contribution in [0.5, 0.6) is 5.75 Å². The minimum atomic E-state index is -3.39. The fourth-order valence-corrected chi connectivity index (χ4v) is 4.22. The zero-order valence-corrected chi connectivity index (χ0v) is 16.1. The fourth-order valence-electron chi connectivity index (χ4n) is 2.78. The number of sulfone groups is 1. The van der Waals surface area contributed by atoms with Gasteiger partial charge >= 0.3 is 5.97 Å². The zero-order valence-electron chi connectivity index (χ0n) is 14.5. The lowest BCUT2D eigenvalue weighted by Crippen LogP contribution is -2.43. The van der Waals surface area contributed by atoms with Crippen LogP contribution >= 0.6 is 11.6 Å². The second-order valence-corrected chi connectivity index (χ2v) is 8.43. The first-order chi connectivity index (χ1) is 13.3. The fraction of sp³-hybridized carbons (Fsp3) is 0.158. The molecule has 28 heavy (non-hydrogen) atoms. The van der Waals surface area contributed by atoms with Gasteiger partial charge in [0, 0.05) is 16.1 Å². The molecule has 2 aromatic carbocycles. The van der Waals surface area contributed by atoms with Crippen LogP contribution in [0.25, 0.3) is 0 Å². The Balaban J connectivity index is 1.76. The number of carbonyl (C=O) groups excluding carboxylic acids is 2. The Hall–Kier alpha value is -2.84. The summed E-state index contributed by atoms with van der Waals surface area (Å²) < 4.78 is 28.6. The number of phenolic OH excluding ortho intramolecular Hbond substituents is 1. The van der Waals surface area contributed by atoms with Gasteiger partial charge in [-0.25, -0.2) is 13.2 Å². The van der Waals surface area contributed by atoms with Crippen molar-refractivity contribution >= 4 is 39.0 Å². The van der Waals surface area contributed by atoms with Gasteiger partial charge in [0.15, 0.2) is 16.4 Å². The molecule has 1 aliphatic rings. The molecule has 0 saturated carbocycles. The summed E-state index contributed by atoms with van der Waals surface area (Å²) in [7, 11) is -3.39. The lowest BCUT2D eigenvalue weighted by molar-refractivity contribution is -0.121. The molecule has 7 nitrogen and oxygen atoms in total. The molecule has 1 N–H and O–H groups in total. The van der Waals surface area contributed by atoms with Crippen molar-refractivity contribution in [3.8, 4) is 5.75 Å². The van der Waals surface area contributed by atoms with Crippen LogP contribution in [0.3, 0.4) is 0 Å². The Kier molecular flexibility index (Phi) is 5.71. The Morgan fingerprint density at radius 2 is 1.89 bits per heavy atom. The highest BCUT2D eigenvalue weighted by molar-refractivity contribution is 7.94. The maximum atomic E-state index is 12.8. The van der Waals surface area contributed by atoms with Crippen molar-refractivity contribution in [2.45, 2.75) is 6.04 Å². The first kappa shape index (κ1) is 19.9. The summed E-state index contributed by atoms with van der Waals surface area (Å²) in [4.78, 5) is 26.2. The van der Waals surface area contributed by atoms with E-state index in [1.807, 2.05) is 0 Å². The smallest absolute Gasteiger partial charge is 0.342 e. The van der Waals surface area contributed by atoms with E-state index in [2.05, 4.69) is 0 Å². The molecule has 0 radical (unpaired) electrons. The summed E-state index contributed by atoms with van der Waals surface area (Å²) in [6.07, 6.45) is 1.42. The summed E-state index contributed by atoms with van der Waals surface area (Å²) in [6, 6.07) is 11.7. The first-order valence-electron chi connectivity index (χ1n) is 8.20. The predicted molar refractivity (Wildman–Crippen MR) is 104 cm³/mol. The monoisotopic (exact) mass is 421 g/mol. The number of rotatable bonds is 5. The third kappa shape index (κ3) is 4.52. The number of esters is 1. The summed E-state index contributed by atoms with van der Waals surface area (Å²) >= 11 is 5.73. The van der Waals surface area contributed by atoms with Gasteiger partial charge in [0.05, 0.1) is 11.8 Å². The molecule has 1 heterocycles. The van der Waals surface area contributed by atoms with E-state index in [-0.39, 0.29) is 22.1 Å². The number of amides is 1. The van der Waals surface area contributed by atoms with Crippen LogP contribution in [0.4, 0.5) is 5.69 Å². The van der Waals surface area contributed by atoms with Gasteiger partial charge in [-0.1, -0.05) is 29.8 Å². The number of para-hydroxylation sites is 1. The van der Waals surface area contributed by atoms with Crippen molar-refractivity contribution in [3.05, 3.63) is 70.6 Å². The molecule has 1 atom stereocenters. The highest BCUT2D eigenvalue weighted by Crippen LogP contribution is 2.24. The van der Waals surface area contributed by atoms with Gasteiger partial charge < -0.3 is 14.7 Å². The van der Waals surface area contributed by atoms with Crippen LogP contribution in [0.2, 0.25) is 5.02 Å². The summed E-state index contributed by atoms with van der Waals surface area (Å²) in [5.74, 6) is -2.11. The Morgan fingerprint density at radius 1 is 1.18 bits per heavy atom. The van der Waals surface area contributed by atoms with Gasteiger partial charge in [-0.2, -0.15) is 0 Å². The SMILES string of the molecule is O=C(OCC(=O)N(c1ccccc1)C1C=CS(=O)(=O)C1)c1ccc(Cl)cc1O. The molecule has 0 fully saturated rings. The van der Waals surface area contributed by atoms with Crippen molar-refractivity contribution < 1.29 is 27.9 Å². The second-order valence-electron chi connectivity index (χ2n) is 6.06. The minimum Gasteiger partial charge on any atom is -0.507 e. The first-order valence-corrected chi connectivity index (χ1v) is 10.3. The predicted octanol–water partition coefficient (Wildman–Crippen LogP) is 2.55. The van der Waals surface area contributed by atoms with Gasteiger partial charge in [-0.3, -0.25) is 4.79 Å². The number of hydrogen-bond acceptors (Lipinski definition) is 6. The molecule has 0 aliphatic carbocycles. The molecule has 1 unspecified atom stereocenters. The topological polar surface area (TPSA) is 101 Å². The van der Waals surface area contributed by atoms with Crippen LogP contribution in [0.1, 0.15) is 10.4 Å². The van der Waals surface area contributed by atoms with E-state index in [1.54, 1.807) is 30.3 Å². The van der Waals surface area contributed by atoms with Crippen LogP contribution in [0.15, 0.2) is 60.0 Å². The van der Waals surface area contributed by atoms with E-state index in [1.165, 1.54) is 29.2 Å². The quantitative estimate of drug-likeness (QED) is 0.744. The molecule has 1 amide bonds. The minimum absolute atomic E-state index is 0.133. The van der Waals surface area contributed by atoms with Crippen molar-refractivity contribution in [1.29, 1.82) is 0 Å². The van der Waals surface area contributed by atoms with Gasteiger partial charge in [0.1, 0.15) is 11.3 Å². The Bertz CT molecular complexity index is 1040. The summed E-state index contributed by atoms with van der Waals surface area (Å²) in [5, 5.41) is 11.1. The second kappa shape index (κ2) is 8.04. The number of hydrogen-bond donors (Lipinski definition) is 1. The standard InChI is InChI=1S/C19H16ClNO6S/c20-13-6-7-16(17(22)10-13)19(24)27-11-18(23)21(14-4-2-1-3-5-14)15-8-9-28(25,26)12-15/h1-10,15,22H,11-12H2. The molecular weight excluding hydrogens is 406 g/mol. The van der Waals surface area contributed by atoms with Crippen LogP contribution in [-0.4, -0.2) is 43.8 Å². The average molecular weight is 422 g/mol. The van der Waals surface area contributed by atoms with Crippen LogP contribution < -0.4 is 4.90 Å². The van der Waals surface area contributed by atoms with Crippen LogP contribution in [-0.2, 0) is 19.4 Å². The van der Waals surface area contributed by atoms with E-state index >= 15 is 0 Å². The van der Waals surface area contributed by atoms with Crippen molar-refractivity contribution in [3.63, 3.8) is 0 Å². The Morgan fingerprint density at radius 3 is 2.50 bits per heavy atom. The van der Waals surface area contributed by atoms with Crippen LogP contribution in [0, 0.1) is 0 Å². The van der Waals surface area contributed by atoms with E-state index in [0.29, 0.717) is 5.69 Å². The molecule has 0 bridgehead atoms. The highest BCUT2D eigenvalue weighted by Gasteiger charge is 2.32. The van der Waals surface area contributed by atoms with E-state index in [0.717, 1.165) is 5.41 Å². The average Bonchev–Trinajstić information content (AvgIpc) is 3.00. The maximum absolute atomic E-state index is 12.8. The third-order valence-electron chi connectivity index (χ3n) is 4.05. The van der Waals surface area contributed by atoms with Crippen molar-refractivity contribution in [2.75, 3.05) is 17.3 Å². The van der Waals surface area contributed by atoms with Crippen molar-refractivity contribution in [2.24, 2.45) is 0 Å². The molecule has 146 valence electrons. The number of ether oxygens (including phenoxy) is 1. The summed E-state index contributed by atoms with van der Waals surface area (Å²) in [5.41, 5.74) is 0.344. The van der Waals surface area contributed by atoms with E-state index < -0.39 is 34.4 Å². The number of benzene rings is 2. The summed E-state index contributed by atoms with van der Waals surface area (Å²) in [6.45, 7) is -0.625. The van der Waals surface area contributed by atoms with E-state index in [9.17, 15) is 23.1 Å². The lowest BCUT2D eigenvalue weighted by atomic mass is 10.2. The molecule has 3 rings (SSSR count). The number of halogens is 1. The Labute approximate surface area is 166 Å². The lowest BCUT2D eigenvalue weighted by Gasteiger charge is -2.27. The number of nitrogens with zero attached hydrogens (tertiary/aromatic N) is 1. The number of phenols is 1. The maximum Gasteiger partial charge on any atom is 0.342 e. The highest BCUT2D eigenvalue weighted by atomic mass is 35.5. The molecule has 0 aromatic heterocycles. The van der Waals surface area contributed by atoms with Gasteiger partial charge in [0.25, 0.3) is 5.91 Å². The molecule has 2 aromatic rings. The van der Waals surface area contributed by atoms with Crippen molar-refractivity contribution in [1.82, 2.24) is 0 Å². The third-order valence-corrected chi connectivity index (χ3v) is 5.67. The number of anilines is 1. The molecular formula is C19H16ClNO6S. The number of carbonyl (C=O) groups is 2. The van der Waals surface area contributed by atoms with Gasteiger partial charge in [0.2, 0.25) is 0 Å². The van der Waals surface area contributed by atoms with Gasteiger partial charge in [-0.05, 0) is 36.4 Å².